The van der Waals surface area contributed by atoms with Crippen LogP contribution in [-0.4, -0.2) is 84.0 Å². The van der Waals surface area contributed by atoms with Crippen molar-refractivity contribution in [1.29, 1.82) is 0 Å². The molecule has 7 unspecified atom stereocenters. The maximum atomic E-state index is 12.8. The summed E-state index contributed by atoms with van der Waals surface area (Å²) >= 11 is 0. The Labute approximate surface area is 275 Å². The van der Waals surface area contributed by atoms with E-state index in [1.54, 1.807) is 4.90 Å². The Morgan fingerprint density at radius 2 is 2.04 bits per heavy atom. The Morgan fingerprint density at radius 1 is 1.28 bits per heavy atom. The van der Waals surface area contributed by atoms with Crippen molar-refractivity contribution in [3.05, 3.63) is 22.5 Å². The van der Waals surface area contributed by atoms with Gasteiger partial charge in [-0.15, -0.1) is 0 Å². The van der Waals surface area contributed by atoms with Crippen molar-refractivity contribution in [1.82, 2.24) is 15.3 Å². The Kier molecular flexibility index (Phi) is 11.8. The zero-order valence-electron chi connectivity index (χ0n) is 28.6. The number of aliphatic hydroxyl groups is 1. The Balaban J connectivity index is 1.05. The number of hydrogen-bond acceptors (Lipinski definition) is 11. The number of aromatic nitrogens is 2. The first-order valence-corrected chi connectivity index (χ1v) is 19.9. The average Bonchev–Trinajstić information content (AvgIpc) is 3.53. The molecule has 0 bridgehead atoms. The van der Waals surface area contributed by atoms with E-state index in [9.17, 15) is 14.8 Å². The topological polar surface area (TPSA) is 153 Å². The standard InChI is InChI=1S/C32H58BN6O6P/c1-6-20(3)12-13-32(5,17-22-16-23(22)21(4)7-2)36-15-11-9-8-10-14-34-31-37-28-25(29(41)38-31)35-19-39(28)30-26(40)27-24(44-30)18-43-46(33,42)45-27/h21-24,26-27,30,35-36,40,42,46H,3,6-19,33H2,1-2,4-5H3,(H2,34,37,38,41)/t21?,22?,23?,24?,26?,27-,30?,32?/m1/s1. The van der Waals surface area contributed by atoms with Crippen LogP contribution in [0.15, 0.2) is 16.9 Å². The van der Waals surface area contributed by atoms with Crippen LogP contribution in [0.3, 0.4) is 0 Å². The van der Waals surface area contributed by atoms with Crippen molar-refractivity contribution in [3.63, 3.8) is 0 Å². The molecular weight excluding hydrogens is 606 g/mol. The van der Waals surface area contributed by atoms with Crippen LogP contribution >= 0.6 is 7.82 Å². The van der Waals surface area contributed by atoms with Crippen molar-refractivity contribution >= 4 is 32.8 Å². The molecule has 5 rings (SSSR count). The third-order valence-corrected chi connectivity index (χ3v) is 12.0. The van der Waals surface area contributed by atoms with E-state index >= 15 is 0 Å². The Morgan fingerprint density at radius 3 is 2.78 bits per heavy atom. The molecule has 1 aromatic heterocycles. The second kappa shape index (κ2) is 15.2. The number of allylic oxidation sites excluding steroid dienone is 1. The first-order chi connectivity index (χ1) is 21.9. The number of aromatic amines is 1. The molecular formula is C32H58BN6O6P. The molecule has 3 fully saturated rings. The van der Waals surface area contributed by atoms with Crippen LogP contribution in [0.5, 0.6) is 0 Å². The second-order valence-electron chi connectivity index (χ2n) is 14.4. The number of rotatable bonds is 18. The minimum absolute atomic E-state index is 0.144. The molecule has 4 aliphatic rings. The van der Waals surface area contributed by atoms with Crippen LogP contribution in [0, 0.1) is 17.8 Å². The van der Waals surface area contributed by atoms with Crippen LogP contribution in [-0.2, 0) is 13.8 Å². The molecule has 1 aromatic rings. The molecule has 0 spiro atoms. The van der Waals surface area contributed by atoms with Gasteiger partial charge in [0.1, 0.15) is 0 Å². The summed E-state index contributed by atoms with van der Waals surface area (Å²) in [6, 6.07) is 0. The van der Waals surface area contributed by atoms with E-state index in [2.05, 4.69) is 60.2 Å². The van der Waals surface area contributed by atoms with E-state index in [1.165, 1.54) is 32.4 Å². The molecule has 3 aliphatic heterocycles. The summed E-state index contributed by atoms with van der Waals surface area (Å²) < 4.78 is 17.1. The van der Waals surface area contributed by atoms with Gasteiger partial charge < -0.3 is 5.32 Å². The van der Waals surface area contributed by atoms with Crippen LogP contribution < -0.4 is 26.4 Å². The van der Waals surface area contributed by atoms with Gasteiger partial charge in [-0.05, 0) is 69.7 Å². The average molecular weight is 665 g/mol. The molecule has 0 aromatic carbocycles. The van der Waals surface area contributed by atoms with Gasteiger partial charge in [0.2, 0.25) is 0 Å². The maximum absolute atomic E-state index is 12.8. The third-order valence-electron chi connectivity index (χ3n) is 10.6. The van der Waals surface area contributed by atoms with Gasteiger partial charge >= 0.3 is 150 Å². The third kappa shape index (κ3) is 8.64. The van der Waals surface area contributed by atoms with Gasteiger partial charge in [-0.2, -0.15) is 0 Å². The van der Waals surface area contributed by atoms with Crippen molar-refractivity contribution in [2.24, 2.45) is 17.8 Å². The fourth-order valence-corrected chi connectivity index (χ4v) is 8.66. The van der Waals surface area contributed by atoms with Crippen molar-refractivity contribution in [2.45, 2.75) is 122 Å². The quantitative estimate of drug-likeness (QED) is 0.0591. The summed E-state index contributed by atoms with van der Waals surface area (Å²) in [5, 5.41) is 21.3. The van der Waals surface area contributed by atoms with Crippen LogP contribution in [0.1, 0.15) is 91.9 Å². The molecule has 46 heavy (non-hydrogen) atoms. The molecule has 0 radical (unpaired) electrons. The molecule has 6 N–H and O–H groups in total. The second-order valence-corrected chi connectivity index (χ2v) is 16.8. The number of H-pyrrole nitrogens is 1. The summed E-state index contributed by atoms with van der Waals surface area (Å²) in [7, 11) is -1.77. The summed E-state index contributed by atoms with van der Waals surface area (Å²) in [5.41, 5.74) is 1.57. The number of fused-ring (bicyclic) bond motifs is 2. The van der Waals surface area contributed by atoms with Gasteiger partial charge in [0, 0.05) is 5.54 Å². The van der Waals surface area contributed by atoms with Crippen LogP contribution in [0.4, 0.5) is 17.5 Å². The molecule has 1 aliphatic carbocycles. The number of nitrogens with one attached hydrogen (secondary N) is 4. The molecule has 12 nitrogen and oxygen atoms in total. The summed E-state index contributed by atoms with van der Waals surface area (Å²) in [5.74, 6) is 3.40. The fraction of sp³-hybridized carbons (Fsp3) is 0.812. The van der Waals surface area contributed by atoms with E-state index in [1.807, 2.05) is 0 Å². The first-order valence-electron chi connectivity index (χ1n) is 17.6. The van der Waals surface area contributed by atoms with E-state index in [0.717, 1.165) is 69.2 Å². The summed E-state index contributed by atoms with van der Waals surface area (Å²) in [6.07, 6.45) is 8.53. The fourth-order valence-electron chi connectivity index (χ4n) is 7.32. The molecule has 260 valence electrons. The molecule has 0 amide bonds. The van der Waals surface area contributed by atoms with Gasteiger partial charge in [-0.25, -0.2) is 0 Å². The predicted molar refractivity (Wildman–Crippen MR) is 188 cm³/mol. The van der Waals surface area contributed by atoms with E-state index in [4.69, 9.17) is 13.8 Å². The summed E-state index contributed by atoms with van der Waals surface area (Å²) in [4.78, 5) is 32.3. The van der Waals surface area contributed by atoms with Gasteiger partial charge in [0.25, 0.3) is 0 Å². The van der Waals surface area contributed by atoms with E-state index < -0.39 is 32.4 Å². The molecule has 2 saturated heterocycles. The molecule has 14 heteroatoms. The number of anilines is 3. The van der Waals surface area contributed by atoms with E-state index in [-0.39, 0.29) is 24.4 Å². The van der Waals surface area contributed by atoms with Gasteiger partial charge in [0.05, 0.1) is 0 Å². The van der Waals surface area contributed by atoms with Crippen molar-refractivity contribution in [2.75, 3.05) is 41.9 Å². The number of aliphatic hydroxyl groups excluding tert-OH is 1. The number of hydrogen-bond donors (Lipinski definition) is 6. The zero-order valence-corrected chi connectivity index (χ0v) is 29.6. The number of nitrogens with zero attached hydrogens (tertiary/aromatic N) is 2. The first kappa shape index (κ1) is 35.6. The van der Waals surface area contributed by atoms with Crippen LogP contribution in [0.25, 0.3) is 0 Å². The predicted octanol–water partition coefficient (Wildman–Crippen LogP) is 3.64. The van der Waals surface area contributed by atoms with Gasteiger partial charge in [-0.1, -0.05) is 45.8 Å². The monoisotopic (exact) mass is 664 g/mol. The Bertz CT molecular complexity index is 1260. The van der Waals surface area contributed by atoms with E-state index in [0.29, 0.717) is 24.0 Å². The minimum atomic E-state index is -3.30. The normalized spacial score (nSPS) is 30.5. The molecule has 4 heterocycles. The number of unbranched alkanes of at least 4 members (excludes halogenated alkanes) is 3. The van der Waals surface area contributed by atoms with Crippen molar-refractivity contribution in [3.8, 4) is 0 Å². The summed E-state index contributed by atoms with van der Waals surface area (Å²) in [6.45, 7) is 15.7. The molecule has 8 atom stereocenters. The van der Waals surface area contributed by atoms with Crippen molar-refractivity contribution < 1.29 is 23.8 Å². The SMILES string of the molecule is B[PH]1(O)OCC2OC(N3CNc4c3nc(NCCCCCCNC(C)(CCC(=C)CC)CC3CC3C(C)CC)[nH]c4=O)C(O)[C@@H]2O1. The number of ether oxygens (including phenoxy) is 1. The zero-order chi connectivity index (χ0) is 33.1. The van der Waals surface area contributed by atoms with Gasteiger partial charge in [0.15, 0.2) is 0 Å². The van der Waals surface area contributed by atoms with Crippen LogP contribution in [0.2, 0.25) is 0 Å². The van der Waals surface area contributed by atoms with Gasteiger partial charge in [-0.3, -0.25) is 0 Å². The molecule has 1 saturated carbocycles. The Hall–Kier alpha value is -1.73.